The van der Waals surface area contributed by atoms with E-state index in [9.17, 15) is 13.2 Å². The van der Waals surface area contributed by atoms with Gasteiger partial charge in [-0.3, -0.25) is 4.57 Å². The summed E-state index contributed by atoms with van der Waals surface area (Å²) in [6.45, 7) is 5.20. The highest BCUT2D eigenvalue weighted by Crippen LogP contribution is 2.31. The predicted molar refractivity (Wildman–Crippen MR) is 114 cm³/mol. The number of nitrogens with zero attached hydrogens (tertiary/aromatic N) is 3. The topological polar surface area (TPSA) is 58.4 Å². The molecule has 0 spiro atoms. The first-order chi connectivity index (χ1) is 15.2. The van der Waals surface area contributed by atoms with Crippen LogP contribution in [0.25, 0.3) is 11.4 Å². The van der Waals surface area contributed by atoms with Crippen LogP contribution in [0.5, 0.6) is 5.75 Å². The molecule has 2 heterocycles. The van der Waals surface area contributed by atoms with Crippen LogP contribution in [-0.4, -0.2) is 42.2 Å². The van der Waals surface area contributed by atoms with Crippen molar-refractivity contribution in [3.8, 4) is 17.1 Å². The molecule has 0 amide bonds. The van der Waals surface area contributed by atoms with E-state index in [1.54, 1.807) is 48.5 Å². The molecule has 1 saturated heterocycles. The first-order valence-corrected chi connectivity index (χ1v) is 10.1. The Morgan fingerprint density at radius 2 is 1.62 bits per heavy atom. The first kappa shape index (κ1) is 22.4. The van der Waals surface area contributed by atoms with Crippen LogP contribution in [0.4, 0.5) is 13.2 Å². The minimum Gasteiger partial charge on any atom is -0.497 e. The molecule has 0 aliphatic carbocycles. The molecule has 1 aromatic heterocycles. The summed E-state index contributed by atoms with van der Waals surface area (Å²) in [5.41, 5.74) is 1.92. The number of rotatable bonds is 5. The number of hydrogen-bond acceptors (Lipinski definition) is 5. The Kier molecular flexibility index (Phi) is 6.00. The molecule has 32 heavy (non-hydrogen) atoms. The van der Waals surface area contributed by atoms with Crippen molar-refractivity contribution in [3.63, 3.8) is 0 Å². The standard InChI is InChI=1S/C22H23BF3N3O3/c1-21(2)13-31-23(32-14-21)17-8-6-16(7-9-17)19-27-28-20(22(24,25)26)29(19)12-15-4-10-18(30-3)11-5-15/h4-11H,12-14H2,1-3H3. The Balaban J connectivity index is 1.62. The fraction of sp³-hybridized carbons (Fsp3) is 0.364. The van der Waals surface area contributed by atoms with Crippen molar-refractivity contribution in [1.29, 1.82) is 0 Å². The van der Waals surface area contributed by atoms with E-state index < -0.39 is 19.1 Å². The molecule has 1 fully saturated rings. The zero-order chi connectivity index (χ0) is 22.9. The molecule has 4 rings (SSSR count). The van der Waals surface area contributed by atoms with Crippen molar-refractivity contribution in [3.05, 3.63) is 59.9 Å². The van der Waals surface area contributed by atoms with E-state index >= 15 is 0 Å². The molecule has 1 aliphatic heterocycles. The number of halogens is 3. The fourth-order valence-corrected chi connectivity index (χ4v) is 3.46. The highest BCUT2D eigenvalue weighted by atomic mass is 19.4. The number of aromatic nitrogens is 3. The number of alkyl halides is 3. The second-order valence-corrected chi connectivity index (χ2v) is 8.52. The number of methoxy groups -OCH3 is 1. The van der Waals surface area contributed by atoms with Crippen LogP contribution in [0.1, 0.15) is 25.2 Å². The van der Waals surface area contributed by atoms with Gasteiger partial charge in [0.1, 0.15) is 5.75 Å². The van der Waals surface area contributed by atoms with Gasteiger partial charge >= 0.3 is 13.3 Å². The molecule has 1 aliphatic rings. The summed E-state index contributed by atoms with van der Waals surface area (Å²) in [7, 11) is 1.03. The molecule has 2 aromatic carbocycles. The third-order valence-corrected chi connectivity index (χ3v) is 5.20. The molecule has 6 nitrogen and oxygen atoms in total. The molecule has 0 unspecified atom stereocenters. The van der Waals surface area contributed by atoms with Gasteiger partial charge in [-0.05, 0) is 23.2 Å². The molecule has 0 N–H and O–H groups in total. The minimum atomic E-state index is -4.63. The van der Waals surface area contributed by atoms with Crippen LogP contribution in [0.3, 0.4) is 0 Å². The van der Waals surface area contributed by atoms with Gasteiger partial charge in [-0.25, -0.2) is 0 Å². The van der Waals surface area contributed by atoms with Gasteiger partial charge in [0.05, 0.1) is 13.7 Å². The summed E-state index contributed by atoms with van der Waals surface area (Å²) in [6, 6.07) is 13.8. The second-order valence-electron chi connectivity index (χ2n) is 8.52. The molecular weight excluding hydrogens is 422 g/mol. The molecule has 168 valence electrons. The van der Waals surface area contributed by atoms with Crippen LogP contribution >= 0.6 is 0 Å². The highest BCUT2D eigenvalue weighted by Gasteiger charge is 2.39. The van der Waals surface area contributed by atoms with Gasteiger partial charge < -0.3 is 14.0 Å². The summed E-state index contributed by atoms with van der Waals surface area (Å²) >= 11 is 0. The molecule has 10 heteroatoms. The van der Waals surface area contributed by atoms with Crippen LogP contribution in [0, 0.1) is 5.41 Å². The van der Waals surface area contributed by atoms with Crippen LogP contribution < -0.4 is 10.2 Å². The van der Waals surface area contributed by atoms with E-state index in [2.05, 4.69) is 24.0 Å². The third kappa shape index (κ3) is 4.81. The second kappa shape index (κ2) is 8.59. The fourth-order valence-electron chi connectivity index (χ4n) is 3.46. The van der Waals surface area contributed by atoms with E-state index in [4.69, 9.17) is 14.0 Å². The van der Waals surface area contributed by atoms with E-state index in [1.165, 1.54) is 7.11 Å². The maximum Gasteiger partial charge on any atom is 0.493 e. The zero-order valence-electron chi connectivity index (χ0n) is 18.0. The molecule has 3 aromatic rings. The smallest absolute Gasteiger partial charge is 0.493 e. The lowest BCUT2D eigenvalue weighted by molar-refractivity contribution is -0.147. The quantitative estimate of drug-likeness (QED) is 0.560. The van der Waals surface area contributed by atoms with E-state index in [0.717, 1.165) is 10.0 Å². The SMILES string of the molecule is COc1ccc(Cn2c(-c3ccc(B4OCC(C)(C)CO4)cc3)nnc2C(F)(F)F)cc1. The molecule has 0 saturated carbocycles. The number of benzene rings is 2. The zero-order valence-corrected chi connectivity index (χ0v) is 18.0. The molecule has 0 radical (unpaired) electrons. The van der Waals surface area contributed by atoms with Crippen molar-refractivity contribution in [1.82, 2.24) is 14.8 Å². The highest BCUT2D eigenvalue weighted by molar-refractivity contribution is 6.61. The number of hydrogen-bond donors (Lipinski definition) is 0. The van der Waals surface area contributed by atoms with Crippen LogP contribution in [0.2, 0.25) is 0 Å². The lowest BCUT2D eigenvalue weighted by atomic mass is 9.75. The van der Waals surface area contributed by atoms with Gasteiger partial charge in [-0.15, -0.1) is 10.2 Å². The van der Waals surface area contributed by atoms with Crippen molar-refractivity contribution in [2.75, 3.05) is 20.3 Å². The van der Waals surface area contributed by atoms with Gasteiger partial charge in [0.2, 0.25) is 5.82 Å². The van der Waals surface area contributed by atoms with Gasteiger partial charge in [-0.1, -0.05) is 50.2 Å². The lowest BCUT2D eigenvalue weighted by Gasteiger charge is -2.33. The van der Waals surface area contributed by atoms with Crippen LogP contribution in [0.15, 0.2) is 48.5 Å². The van der Waals surface area contributed by atoms with Crippen molar-refractivity contribution < 1.29 is 27.2 Å². The monoisotopic (exact) mass is 445 g/mol. The average Bonchev–Trinajstić information content (AvgIpc) is 3.18. The summed E-state index contributed by atoms with van der Waals surface area (Å²) in [4.78, 5) is 0. The average molecular weight is 445 g/mol. The third-order valence-electron chi connectivity index (χ3n) is 5.20. The van der Waals surface area contributed by atoms with Crippen LogP contribution in [-0.2, 0) is 22.0 Å². The summed E-state index contributed by atoms with van der Waals surface area (Å²) in [5, 5.41) is 7.29. The minimum absolute atomic E-state index is 0.0349. The molecular formula is C22H23BF3N3O3. The van der Waals surface area contributed by atoms with Gasteiger partial charge in [0.15, 0.2) is 5.82 Å². The Labute approximate surface area is 184 Å². The van der Waals surface area contributed by atoms with Gasteiger partial charge in [0, 0.05) is 24.2 Å². The summed E-state index contributed by atoms with van der Waals surface area (Å²) in [5.74, 6) is -0.292. The van der Waals surface area contributed by atoms with E-state index in [-0.39, 0.29) is 17.8 Å². The first-order valence-electron chi connectivity index (χ1n) is 10.1. The predicted octanol–water partition coefficient (Wildman–Crippen LogP) is 3.79. The lowest BCUT2D eigenvalue weighted by Crippen LogP contribution is -2.47. The Bertz CT molecular complexity index is 1060. The maximum absolute atomic E-state index is 13.6. The largest absolute Gasteiger partial charge is 0.497 e. The Morgan fingerprint density at radius 1 is 1.00 bits per heavy atom. The number of ether oxygens (including phenoxy) is 1. The van der Waals surface area contributed by atoms with Crippen molar-refractivity contribution in [2.24, 2.45) is 5.41 Å². The van der Waals surface area contributed by atoms with Gasteiger partial charge in [-0.2, -0.15) is 13.2 Å². The maximum atomic E-state index is 13.6. The summed E-state index contributed by atoms with van der Waals surface area (Å²) in [6.07, 6.45) is -4.63. The van der Waals surface area contributed by atoms with Crippen molar-refractivity contribution in [2.45, 2.75) is 26.6 Å². The van der Waals surface area contributed by atoms with Gasteiger partial charge in [0.25, 0.3) is 0 Å². The molecule has 0 atom stereocenters. The Hall–Kier alpha value is -2.85. The molecule has 0 bridgehead atoms. The van der Waals surface area contributed by atoms with E-state index in [1.807, 2.05) is 0 Å². The van der Waals surface area contributed by atoms with E-state index in [0.29, 0.717) is 30.1 Å². The Morgan fingerprint density at radius 3 is 2.19 bits per heavy atom. The summed E-state index contributed by atoms with van der Waals surface area (Å²) < 4.78 is 58.5. The normalized spacial score (nSPS) is 16.2. The van der Waals surface area contributed by atoms with Crippen molar-refractivity contribution >= 4 is 12.6 Å².